The van der Waals surface area contributed by atoms with Crippen LogP contribution < -0.4 is 5.01 Å². The maximum absolute atomic E-state index is 13.1. The van der Waals surface area contributed by atoms with Gasteiger partial charge in [-0.05, 0) is 44.2 Å². The van der Waals surface area contributed by atoms with Crippen molar-refractivity contribution in [2.24, 2.45) is 5.10 Å². The van der Waals surface area contributed by atoms with Crippen LogP contribution in [0.2, 0.25) is 5.02 Å². The molecule has 0 bridgehead atoms. The summed E-state index contributed by atoms with van der Waals surface area (Å²) in [4.78, 5) is 25.0. The average Bonchev–Trinajstić information content (AvgIpc) is 3.21. The highest BCUT2D eigenvalue weighted by Gasteiger charge is 2.29. The first-order valence-electron chi connectivity index (χ1n) is 9.58. The Hall–Kier alpha value is -3.38. The van der Waals surface area contributed by atoms with Crippen LogP contribution in [0.15, 0.2) is 65.4 Å². The number of anilines is 1. The minimum Gasteiger partial charge on any atom is -0.465 e. The summed E-state index contributed by atoms with van der Waals surface area (Å²) in [6.07, 6.45) is 3.67. The molecule has 30 heavy (non-hydrogen) atoms. The molecule has 7 heteroatoms. The van der Waals surface area contributed by atoms with Crippen molar-refractivity contribution >= 4 is 51.9 Å². The third-order valence-electron chi connectivity index (χ3n) is 4.84. The molecular formula is C23H20ClN3O3. The number of halogens is 1. The maximum atomic E-state index is 13.1. The molecule has 1 aliphatic heterocycles. The number of hydrogen-bond acceptors (Lipinski definition) is 4. The van der Waals surface area contributed by atoms with Crippen molar-refractivity contribution in [1.82, 2.24) is 4.57 Å². The summed E-state index contributed by atoms with van der Waals surface area (Å²) >= 11 is 6.06. The monoisotopic (exact) mass is 421 g/mol. The van der Waals surface area contributed by atoms with E-state index in [0.717, 1.165) is 16.5 Å². The van der Waals surface area contributed by atoms with E-state index in [-0.39, 0.29) is 18.4 Å². The first-order valence-corrected chi connectivity index (χ1v) is 9.96. The molecule has 0 N–H and O–H groups in total. The lowest BCUT2D eigenvalue weighted by molar-refractivity contribution is -0.143. The molecule has 152 valence electrons. The van der Waals surface area contributed by atoms with Gasteiger partial charge in [-0.3, -0.25) is 9.59 Å². The Labute approximate surface area is 179 Å². The number of carbonyl (C=O) groups is 2. The zero-order valence-electron chi connectivity index (χ0n) is 16.6. The van der Waals surface area contributed by atoms with Crippen LogP contribution in [-0.4, -0.2) is 28.8 Å². The molecule has 1 aromatic heterocycles. The fraction of sp³-hybridized carbons (Fsp3) is 0.174. The fourth-order valence-electron chi connectivity index (χ4n) is 3.49. The summed E-state index contributed by atoms with van der Waals surface area (Å²) in [5.41, 5.74) is 3.45. The van der Waals surface area contributed by atoms with E-state index in [0.29, 0.717) is 28.6 Å². The number of ether oxygens (including phenoxy) is 1. The number of fused-ring (bicyclic) bond motifs is 1. The van der Waals surface area contributed by atoms with Crippen LogP contribution in [-0.2, 0) is 20.9 Å². The van der Waals surface area contributed by atoms with E-state index in [1.54, 1.807) is 38.1 Å². The topological polar surface area (TPSA) is 63.9 Å². The summed E-state index contributed by atoms with van der Waals surface area (Å²) in [6, 6.07) is 14.7. The normalized spacial score (nSPS) is 15.2. The Bertz CT molecular complexity index is 1210. The third kappa shape index (κ3) is 3.74. The van der Waals surface area contributed by atoms with E-state index in [2.05, 4.69) is 5.10 Å². The van der Waals surface area contributed by atoms with Crippen LogP contribution in [0.1, 0.15) is 19.4 Å². The number of para-hydroxylation sites is 1. The molecular weight excluding hydrogens is 402 g/mol. The minimum atomic E-state index is -0.306. The van der Waals surface area contributed by atoms with Gasteiger partial charge in [0.05, 0.1) is 23.6 Å². The lowest BCUT2D eigenvalue weighted by atomic mass is 10.1. The van der Waals surface area contributed by atoms with Crippen molar-refractivity contribution in [3.8, 4) is 0 Å². The van der Waals surface area contributed by atoms with Crippen molar-refractivity contribution in [2.45, 2.75) is 20.4 Å². The van der Waals surface area contributed by atoms with Gasteiger partial charge in [-0.15, -0.1) is 0 Å². The highest BCUT2D eigenvalue weighted by Crippen LogP contribution is 2.29. The Morgan fingerprint density at radius 2 is 2.00 bits per heavy atom. The van der Waals surface area contributed by atoms with Gasteiger partial charge in [-0.1, -0.05) is 35.9 Å². The number of benzene rings is 2. The van der Waals surface area contributed by atoms with Gasteiger partial charge >= 0.3 is 5.97 Å². The predicted molar refractivity (Wildman–Crippen MR) is 119 cm³/mol. The SMILES string of the molecule is CCOC(=O)Cn1cc(C=C2C(=O)N(c3cccc(Cl)c3)N=C2C)c2ccccc21. The molecule has 0 saturated carbocycles. The van der Waals surface area contributed by atoms with Gasteiger partial charge in [0.25, 0.3) is 5.91 Å². The maximum Gasteiger partial charge on any atom is 0.325 e. The molecule has 2 aromatic carbocycles. The molecule has 4 rings (SSSR count). The van der Waals surface area contributed by atoms with Gasteiger partial charge in [0, 0.05) is 27.7 Å². The van der Waals surface area contributed by atoms with Gasteiger partial charge < -0.3 is 9.30 Å². The Balaban J connectivity index is 1.72. The first-order chi connectivity index (χ1) is 14.5. The van der Waals surface area contributed by atoms with E-state index in [1.165, 1.54) is 5.01 Å². The van der Waals surface area contributed by atoms with Gasteiger partial charge in [0.15, 0.2) is 0 Å². The number of hydrazone groups is 1. The van der Waals surface area contributed by atoms with Crippen molar-refractivity contribution in [2.75, 3.05) is 11.6 Å². The summed E-state index contributed by atoms with van der Waals surface area (Å²) < 4.78 is 6.91. The van der Waals surface area contributed by atoms with Crippen molar-refractivity contribution in [1.29, 1.82) is 0 Å². The lowest BCUT2D eigenvalue weighted by Gasteiger charge is -2.11. The van der Waals surface area contributed by atoms with Crippen LogP contribution in [0.3, 0.4) is 0 Å². The summed E-state index contributed by atoms with van der Waals surface area (Å²) in [5, 5.41) is 7.24. The number of esters is 1. The van der Waals surface area contributed by atoms with Crippen molar-refractivity contribution < 1.29 is 14.3 Å². The number of aromatic nitrogens is 1. The third-order valence-corrected chi connectivity index (χ3v) is 5.07. The standard InChI is InChI=1S/C23H20ClN3O3/c1-3-30-22(28)14-26-13-16(19-9-4-5-10-21(19)26)11-20-15(2)25-27(23(20)29)18-8-6-7-17(24)12-18/h4-13H,3,14H2,1-2H3. The Morgan fingerprint density at radius 1 is 1.20 bits per heavy atom. The lowest BCUT2D eigenvalue weighted by Crippen LogP contribution is -2.21. The van der Waals surface area contributed by atoms with Crippen LogP contribution in [0, 0.1) is 0 Å². The Morgan fingerprint density at radius 3 is 2.77 bits per heavy atom. The van der Waals surface area contributed by atoms with Crippen LogP contribution in [0.25, 0.3) is 17.0 Å². The molecule has 0 saturated heterocycles. The smallest absolute Gasteiger partial charge is 0.325 e. The van der Waals surface area contributed by atoms with E-state index in [4.69, 9.17) is 16.3 Å². The fourth-order valence-corrected chi connectivity index (χ4v) is 3.67. The van der Waals surface area contributed by atoms with Crippen LogP contribution in [0.5, 0.6) is 0 Å². The average molecular weight is 422 g/mol. The second kappa shape index (κ2) is 8.16. The molecule has 0 spiro atoms. The molecule has 0 aliphatic carbocycles. The molecule has 0 fully saturated rings. The number of rotatable bonds is 5. The largest absolute Gasteiger partial charge is 0.465 e. The second-order valence-corrected chi connectivity index (χ2v) is 7.31. The molecule has 0 atom stereocenters. The summed E-state index contributed by atoms with van der Waals surface area (Å²) in [6.45, 7) is 4.01. The highest BCUT2D eigenvalue weighted by atomic mass is 35.5. The highest BCUT2D eigenvalue weighted by molar-refractivity contribution is 6.33. The van der Waals surface area contributed by atoms with E-state index >= 15 is 0 Å². The van der Waals surface area contributed by atoms with E-state index in [1.807, 2.05) is 41.1 Å². The van der Waals surface area contributed by atoms with Crippen molar-refractivity contribution in [3.05, 3.63) is 70.9 Å². The summed E-state index contributed by atoms with van der Waals surface area (Å²) in [5.74, 6) is -0.531. The van der Waals surface area contributed by atoms with Gasteiger partial charge in [-0.2, -0.15) is 10.1 Å². The molecule has 3 aromatic rings. The van der Waals surface area contributed by atoms with Crippen molar-refractivity contribution in [3.63, 3.8) is 0 Å². The zero-order valence-corrected chi connectivity index (χ0v) is 17.4. The number of carbonyl (C=O) groups excluding carboxylic acids is 2. The van der Waals surface area contributed by atoms with E-state index in [9.17, 15) is 9.59 Å². The molecule has 2 heterocycles. The summed E-state index contributed by atoms with van der Waals surface area (Å²) in [7, 11) is 0. The minimum absolute atomic E-state index is 0.104. The molecule has 0 unspecified atom stereocenters. The first kappa shape index (κ1) is 19.9. The Kier molecular flexibility index (Phi) is 5.42. The molecule has 6 nitrogen and oxygen atoms in total. The molecule has 1 amide bonds. The van der Waals surface area contributed by atoms with E-state index < -0.39 is 0 Å². The second-order valence-electron chi connectivity index (χ2n) is 6.87. The number of amides is 1. The van der Waals surface area contributed by atoms with Crippen LogP contribution in [0.4, 0.5) is 5.69 Å². The molecule has 0 radical (unpaired) electrons. The van der Waals surface area contributed by atoms with Gasteiger partial charge in [-0.25, -0.2) is 0 Å². The van der Waals surface area contributed by atoms with Gasteiger partial charge in [0.1, 0.15) is 6.54 Å². The quantitative estimate of drug-likeness (QED) is 0.444. The number of hydrogen-bond donors (Lipinski definition) is 0. The molecule has 1 aliphatic rings. The number of nitrogens with zero attached hydrogens (tertiary/aromatic N) is 3. The predicted octanol–water partition coefficient (Wildman–Crippen LogP) is 4.66. The van der Waals surface area contributed by atoms with Crippen LogP contribution >= 0.6 is 11.6 Å². The van der Waals surface area contributed by atoms with Gasteiger partial charge in [0.2, 0.25) is 0 Å². The zero-order chi connectivity index (χ0) is 21.3.